The van der Waals surface area contributed by atoms with Crippen molar-refractivity contribution in [1.82, 2.24) is 10.2 Å². The zero-order chi connectivity index (χ0) is 11.5. The lowest BCUT2D eigenvalue weighted by Gasteiger charge is -2.28. The maximum absolute atomic E-state index is 12.1. The van der Waals surface area contributed by atoms with E-state index in [2.05, 4.69) is 24.3 Å². The number of hydrogen-bond donors (Lipinski definition) is 1. The molecule has 0 aromatic carbocycles. The molecular formula is C11H19N3O2. The lowest BCUT2D eigenvalue weighted by atomic mass is 10.0. The van der Waals surface area contributed by atoms with Gasteiger partial charge in [-0.15, -0.1) is 0 Å². The highest BCUT2D eigenvalue weighted by molar-refractivity contribution is 5.93. The zero-order valence-electron chi connectivity index (χ0n) is 9.90. The van der Waals surface area contributed by atoms with Crippen molar-refractivity contribution in [2.75, 3.05) is 26.2 Å². The molecule has 5 heteroatoms. The van der Waals surface area contributed by atoms with Crippen LogP contribution < -0.4 is 5.32 Å². The molecule has 1 amide bonds. The Balaban J connectivity index is 1.88. The number of hydrogen-bond acceptors (Lipinski definition) is 4. The standard InChI is InChI=1S/C11H19N3O2/c1-8(2)9-7-10(16-13-9)11(15)14-5-3-12-4-6-14/h8,10,12H,3-7H2,1-2H3. The van der Waals surface area contributed by atoms with Gasteiger partial charge in [0, 0.05) is 32.6 Å². The Kier molecular flexibility index (Phi) is 3.43. The van der Waals surface area contributed by atoms with Gasteiger partial charge in [-0.05, 0) is 5.92 Å². The van der Waals surface area contributed by atoms with Crippen LogP contribution in [-0.2, 0) is 9.63 Å². The number of nitrogens with zero attached hydrogens (tertiary/aromatic N) is 2. The van der Waals surface area contributed by atoms with Crippen molar-refractivity contribution in [3.05, 3.63) is 0 Å². The Hall–Kier alpha value is -1.10. The molecule has 2 heterocycles. The number of carbonyl (C=O) groups is 1. The summed E-state index contributed by atoms with van der Waals surface area (Å²) >= 11 is 0. The molecule has 2 aliphatic rings. The quantitative estimate of drug-likeness (QED) is 0.731. The average molecular weight is 225 g/mol. The number of carbonyl (C=O) groups excluding carboxylic acids is 1. The molecular weight excluding hydrogens is 206 g/mol. The minimum absolute atomic E-state index is 0.0842. The predicted molar refractivity (Wildman–Crippen MR) is 61.2 cm³/mol. The lowest BCUT2D eigenvalue weighted by molar-refractivity contribution is -0.142. The van der Waals surface area contributed by atoms with Gasteiger partial charge in [0.15, 0.2) is 0 Å². The molecule has 0 saturated carbocycles. The molecule has 0 spiro atoms. The highest BCUT2D eigenvalue weighted by Crippen LogP contribution is 2.18. The second kappa shape index (κ2) is 4.82. The van der Waals surface area contributed by atoms with Crippen LogP contribution in [0, 0.1) is 5.92 Å². The fourth-order valence-electron chi connectivity index (χ4n) is 1.96. The van der Waals surface area contributed by atoms with E-state index in [0.29, 0.717) is 12.3 Å². The molecule has 0 aliphatic carbocycles. The van der Waals surface area contributed by atoms with E-state index < -0.39 is 0 Å². The van der Waals surface area contributed by atoms with E-state index in [1.807, 2.05) is 4.90 Å². The van der Waals surface area contributed by atoms with Crippen LogP contribution in [0.15, 0.2) is 5.16 Å². The van der Waals surface area contributed by atoms with Crippen molar-refractivity contribution in [2.24, 2.45) is 11.1 Å². The lowest BCUT2D eigenvalue weighted by Crippen LogP contribution is -2.49. The van der Waals surface area contributed by atoms with Crippen LogP contribution in [0.1, 0.15) is 20.3 Å². The molecule has 1 saturated heterocycles. The molecule has 0 aromatic rings. The Morgan fingerprint density at radius 3 is 2.75 bits per heavy atom. The van der Waals surface area contributed by atoms with Crippen LogP contribution in [0.25, 0.3) is 0 Å². The molecule has 1 N–H and O–H groups in total. The smallest absolute Gasteiger partial charge is 0.266 e. The summed E-state index contributed by atoms with van der Waals surface area (Å²) in [6, 6.07) is 0. The van der Waals surface area contributed by atoms with E-state index >= 15 is 0 Å². The van der Waals surface area contributed by atoms with Gasteiger partial charge in [0.1, 0.15) is 0 Å². The van der Waals surface area contributed by atoms with Crippen molar-refractivity contribution in [3.63, 3.8) is 0 Å². The molecule has 2 aliphatic heterocycles. The number of piperazine rings is 1. The Morgan fingerprint density at radius 1 is 1.50 bits per heavy atom. The molecule has 90 valence electrons. The Morgan fingerprint density at radius 2 is 2.19 bits per heavy atom. The average Bonchev–Trinajstić information content (AvgIpc) is 2.78. The summed E-state index contributed by atoms with van der Waals surface area (Å²) in [6.07, 6.45) is 0.274. The third kappa shape index (κ3) is 2.35. The first kappa shape index (κ1) is 11.4. The van der Waals surface area contributed by atoms with Gasteiger partial charge in [0.05, 0.1) is 5.71 Å². The van der Waals surface area contributed by atoms with E-state index in [-0.39, 0.29) is 12.0 Å². The SMILES string of the molecule is CC(C)C1=NOC(C(=O)N2CCNCC2)C1. The first-order valence-corrected chi connectivity index (χ1v) is 5.90. The second-order valence-corrected chi connectivity index (χ2v) is 4.61. The van der Waals surface area contributed by atoms with Crippen LogP contribution in [0.5, 0.6) is 0 Å². The fourth-order valence-corrected chi connectivity index (χ4v) is 1.96. The largest absolute Gasteiger partial charge is 0.382 e. The topological polar surface area (TPSA) is 53.9 Å². The normalized spacial score (nSPS) is 25.6. The number of rotatable bonds is 2. The molecule has 16 heavy (non-hydrogen) atoms. The molecule has 1 fully saturated rings. The fraction of sp³-hybridized carbons (Fsp3) is 0.818. The second-order valence-electron chi connectivity index (χ2n) is 4.61. The molecule has 1 atom stereocenters. The summed E-state index contributed by atoms with van der Waals surface area (Å²) in [5.41, 5.74) is 0.994. The highest BCUT2D eigenvalue weighted by atomic mass is 16.6. The third-order valence-electron chi connectivity index (χ3n) is 3.06. The van der Waals surface area contributed by atoms with Crippen LogP contribution in [-0.4, -0.2) is 48.8 Å². The van der Waals surface area contributed by atoms with Gasteiger partial charge in [0.25, 0.3) is 5.91 Å². The molecule has 2 rings (SSSR count). The highest BCUT2D eigenvalue weighted by Gasteiger charge is 2.32. The maximum Gasteiger partial charge on any atom is 0.266 e. The van der Waals surface area contributed by atoms with Gasteiger partial charge in [0.2, 0.25) is 6.10 Å². The summed E-state index contributed by atoms with van der Waals surface area (Å²) in [7, 11) is 0. The van der Waals surface area contributed by atoms with Crippen molar-refractivity contribution in [1.29, 1.82) is 0 Å². The van der Waals surface area contributed by atoms with Gasteiger partial charge in [-0.1, -0.05) is 19.0 Å². The van der Waals surface area contributed by atoms with E-state index in [9.17, 15) is 4.79 Å². The Labute approximate surface area is 95.8 Å². The van der Waals surface area contributed by atoms with Gasteiger partial charge in [-0.25, -0.2) is 0 Å². The third-order valence-corrected chi connectivity index (χ3v) is 3.06. The number of oxime groups is 1. The van der Waals surface area contributed by atoms with Crippen LogP contribution in [0.3, 0.4) is 0 Å². The maximum atomic E-state index is 12.1. The van der Waals surface area contributed by atoms with Gasteiger partial charge in [-0.3, -0.25) is 4.79 Å². The molecule has 0 aromatic heterocycles. The summed E-state index contributed by atoms with van der Waals surface area (Å²) in [6.45, 7) is 7.43. The van der Waals surface area contributed by atoms with Gasteiger partial charge < -0.3 is 15.1 Å². The van der Waals surface area contributed by atoms with Crippen LogP contribution in [0.4, 0.5) is 0 Å². The first-order chi connectivity index (χ1) is 7.68. The molecule has 0 bridgehead atoms. The molecule has 5 nitrogen and oxygen atoms in total. The van der Waals surface area contributed by atoms with E-state index in [4.69, 9.17) is 4.84 Å². The van der Waals surface area contributed by atoms with Gasteiger partial charge >= 0.3 is 0 Å². The first-order valence-electron chi connectivity index (χ1n) is 5.90. The minimum Gasteiger partial charge on any atom is -0.382 e. The number of amides is 1. The van der Waals surface area contributed by atoms with E-state index in [0.717, 1.165) is 31.9 Å². The van der Waals surface area contributed by atoms with Gasteiger partial charge in [-0.2, -0.15) is 0 Å². The summed E-state index contributed by atoms with van der Waals surface area (Å²) in [5.74, 6) is 0.446. The Bertz CT molecular complexity index is 296. The monoisotopic (exact) mass is 225 g/mol. The summed E-state index contributed by atoms with van der Waals surface area (Å²) in [5, 5.41) is 7.21. The van der Waals surface area contributed by atoms with Crippen molar-refractivity contribution < 1.29 is 9.63 Å². The minimum atomic E-state index is -0.379. The van der Waals surface area contributed by atoms with Crippen LogP contribution >= 0.6 is 0 Å². The summed E-state index contributed by atoms with van der Waals surface area (Å²) in [4.78, 5) is 19.1. The van der Waals surface area contributed by atoms with Crippen LogP contribution in [0.2, 0.25) is 0 Å². The van der Waals surface area contributed by atoms with Crippen molar-refractivity contribution in [2.45, 2.75) is 26.4 Å². The summed E-state index contributed by atoms with van der Waals surface area (Å²) < 4.78 is 0. The van der Waals surface area contributed by atoms with Crippen molar-refractivity contribution >= 4 is 11.6 Å². The van der Waals surface area contributed by atoms with E-state index in [1.165, 1.54) is 0 Å². The molecule has 1 unspecified atom stereocenters. The number of nitrogens with one attached hydrogen (secondary N) is 1. The zero-order valence-corrected chi connectivity index (χ0v) is 9.90. The predicted octanol–water partition coefficient (Wildman–Crippen LogP) is 0.219. The molecule has 0 radical (unpaired) electrons. The van der Waals surface area contributed by atoms with E-state index in [1.54, 1.807) is 0 Å². The van der Waals surface area contributed by atoms with Crippen molar-refractivity contribution in [3.8, 4) is 0 Å².